The van der Waals surface area contributed by atoms with Crippen molar-refractivity contribution in [2.75, 3.05) is 18.4 Å². The van der Waals surface area contributed by atoms with E-state index >= 15 is 0 Å². The average Bonchev–Trinajstić information content (AvgIpc) is 2.61. The summed E-state index contributed by atoms with van der Waals surface area (Å²) < 4.78 is 28.4. The lowest BCUT2D eigenvalue weighted by Gasteiger charge is -2.25. The van der Waals surface area contributed by atoms with Gasteiger partial charge in [0.05, 0.1) is 4.90 Å². The SMILES string of the molecule is CC(C)CN(CC(C)C)S(=O)(=O)c1ccc(NC(=O)c2cccc(Br)c2)cc1. The van der Waals surface area contributed by atoms with Crippen molar-refractivity contribution in [2.45, 2.75) is 32.6 Å². The van der Waals surface area contributed by atoms with Crippen LogP contribution in [0.4, 0.5) is 5.69 Å². The number of anilines is 1. The van der Waals surface area contributed by atoms with Crippen LogP contribution >= 0.6 is 15.9 Å². The van der Waals surface area contributed by atoms with Crippen LogP contribution in [0.2, 0.25) is 0 Å². The molecule has 2 rings (SSSR count). The predicted octanol–water partition coefficient (Wildman–Crippen LogP) is 5.00. The van der Waals surface area contributed by atoms with Crippen molar-refractivity contribution in [2.24, 2.45) is 11.8 Å². The maximum atomic E-state index is 13.0. The van der Waals surface area contributed by atoms with Gasteiger partial charge in [0.25, 0.3) is 5.91 Å². The highest BCUT2D eigenvalue weighted by Crippen LogP contribution is 2.21. The largest absolute Gasteiger partial charge is 0.322 e. The van der Waals surface area contributed by atoms with Crippen LogP contribution < -0.4 is 5.32 Å². The highest BCUT2D eigenvalue weighted by Gasteiger charge is 2.25. The molecule has 0 bridgehead atoms. The molecule has 0 aromatic heterocycles. The van der Waals surface area contributed by atoms with Crippen molar-refractivity contribution >= 4 is 37.5 Å². The first kappa shape index (κ1) is 22.6. The molecular weight excluding hydrogens is 440 g/mol. The van der Waals surface area contributed by atoms with Gasteiger partial charge in [-0.05, 0) is 54.3 Å². The van der Waals surface area contributed by atoms with E-state index in [0.717, 1.165) is 4.47 Å². The minimum absolute atomic E-state index is 0.231. The molecule has 1 amide bonds. The lowest BCUT2D eigenvalue weighted by Crippen LogP contribution is -2.37. The molecule has 2 aromatic carbocycles. The van der Waals surface area contributed by atoms with Crippen LogP contribution in [0.15, 0.2) is 57.9 Å². The van der Waals surface area contributed by atoms with Crippen LogP contribution in [0.1, 0.15) is 38.1 Å². The zero-order chi connectivity index (χ0) is 20.9. The fourth-order valence-electron chi connectivity index (χ4n) is 2.78. The number of carbonyl (C=O) groups is 1. The van der Waals surface area contributed by atoms with E-state index in [1.165, 1.54) is 4.31 Å². The van der Waals surface area contributed by atoms with Crippen molar-refractivity contribution in [3.05, 3.63) is 58.6 Å². The van der Waals surface area contributed by atoms with Gasteiger partial charge in [0.2, 0.25) is 10.0 Å². The molecule has 7 heteroatoms. The van der Waals surface area contributed by atoms with Crippen molar-refractivity contribution in [1.82, 2.24) is 4.31 Å². The lowest BCUT2D eigenvalue weighted by atomic mass is 10.2. The van der Waals surface area contributed by atoms with Gasteiger partial charge >= 0.3 is 0 Å². The maximum Gasteiger partial charge on any atom is 0.255 e. The number of hydrogen-bond donors (Lipinski definition) is 1. The molecule has 0 aliphatic rings. The lowest BCUT2D eigenvalue weighted by molar-refractivity contribution is 0.102. The van der Waals surface area contributed by atoms with E-state index in [9.17, 15) is 13.2 Å². The van der Waals surface area contributed by atoms with Gasteiger partial charge in [0, 0.05) is 28.8 Å². The Kier molecular flexibility index (Phi) is 7.80. The van der Waals surface area contributed by atoms with Crippen molar-refractivity contribution < 1.29 is 13.2 Å². The molecule has 0 atom stereocenters. The Morgan fingerprint density at radius 3 is 2.07 bits per heavy atom. The molecule has 152 valence electrons. The monoisotopic (exact) mass is 466 g/mol. The second-order valence-corrected chi connectivity index (χ2v) is 10.5. The van der Waals surface area contributed by atoms with E-state index in [0.29, 0.717) is 24.3 Å². The van der Waals surface area contributed by atoms with Gasteiger partial charge in [-0.25, -0.2) is 8.42 Å². The summed E-state index contributed by atoms with van der Waals surface area (Å²) in [6.07, 6.45) is 0. The Morgan fingerprint density at radius 2 is 1.57 bits per heavy atom. The van der Waals surface area contributed by atoms with Crippen LogP contribution in [-0.2, 0) is 10.0 Å². The van der Waals surface area contributed by atoms with E-state index < -0.39 is 10.0 Å². The molecule has 0 unspecified atom stereocenters. The minimum atomic E-state index is -3.58. The topological polar surface area (TPSA) is 66.5 Å². The number of carbonyl (C=O) groups excluding carboxylic acids is 1. The molecular formula is C21H27BrN2O3S. The van der Waals surface area contributed by atoms with Crippen LogP contribution in [0.25, 0.3) is 0 Å². The molecule has 0 saturated heterocycles. The molecule has 2 aromatic rings. The molecule has 0 fully saturated rings. The molecule has 0 spiro atoms. The van der Waals surface area contributed by atoms with Crippen molar-refractivity contribution in [3.63, 3.8) is 0 Å². The number of amides is 1. The molecule has 5 nitrogen and oxygen atoms in total. The number of benzene rings is 2. The Hall–Kier alpha value is -1.70. The quantitative estimate of drug-likeness (QED) is 0.594. The first-order valence-electron chi connectivity index (χ1n) is 9.26. The predicted molar refractivity (Wildman–Crippen MR) is 117 cm³/mol. The second kappa shape index (κ2) is 9.67. The Labute approximate surface area is 176 Å². The Bertz CT molecular complexity index is 900. The van der Waals surface area contributed by atoms with Crippen LogP contribution in [0, 0.1) is 11.8 Å². The summed E-state index contributed by atoms with van der Waals surface area (Å²) in [5.74, 6) is 0.215. The molecule has 0 aliphatic carbocycles. The van der Waals surface area contributed by atoms with Gasteiger partial charge in [-0.3, -0.25) is 4.79 Å². The summed E-state index contributed by atoms with van der Waals surface area (Å²) in [6, 6.07) is 13.4. The molecule has 0 heterocycles. The van der Waals surface area contributed by atoms with Gasteiger partial charge < -0.3 is 5.32 Å². The van der Waals surface area contributed by atoms with Gasteiger partial charge in [-0.1, -0.05) is 49.7 Å². The Morgan fingerprint density at radius 1 is 1.00 bits per heavy atom. The third-order valence-corrected chi connectivity index (χ3v) is 6.31. The van der Waals surface area contributed by atoms with Crippen LogP contribution in [-0.4, -0.2) is 31.7 Å². The van der Waals surface area contributed by atoms with E-state index in [4.69, 9.17) is 0 Å². The fraction of sp³-hybridized carbons (Fsp3) is 0.381. The standard InChI is InChI=1S/C21H27BrN2O3S/c1-15(2)13-24(14-16(3)4)28(26,27)20-10-8-19(9-11-20)23-21(25)17-6-5-7-18(22)12-17/h5-12,15-16H,13-14H2,1-4H3,(H,23,25). The first-order valence-corrected chi connectivity index (χ1v) is 11.5. The number of halogens is 1. The van der Waals surface area contributed by atoms with Gasteiger partial charge in [0.1, 0.15) is 0 Å². The smallest absolute Gasteiger partial charge is 0.255 e. The maximum absolute atomic E-state index is 13.0. The molecule has 0 radical (unpaired) electrons. The molecule has 28 heavy (non-hydrogen) atoms. The average molecular weight is 467 g/mol. The number of hydrogen-bond acceptors (Lipinski definition) is 3. The summed E-state index contributed by atoms with van der Waals surface area (Å²) in [7, 11) is -3.58. The summed E-state index contributed by atoms with van der Waals surface area (Å²) in [5, 5.41) is 2.79. The molecule has 1 N–H and O–H groups in total. The zero-order valence-electron chi connectivity index (χ0n) is 16.6. The van der Waals surface area contributed by atoms with Gasteiger partial charge in [-0.2, -0.15) is 4.31 Å². The Balaban J connectivity index is 2.18. The van der Waals surface area contributed by atoms with Crippen molar-refractivity contribution in [3.8, 4) is 0 Å². The zero-order valence-corrected chi connectivity index (χ0v) is 19.0. The van der Waals surface area contributed by atoms with E-state index in [1.807, 2.05) is 33.8 Å². The third-order valence-electron chi connectivity index (χ3n) is 3.97. The summed E-state index contributed by atoms with van der Waals surface area (Å²) in [5.41, 5.74) is 1.06. The number of nitrogens with zero attached hydrogens (tertiary/aromatic N) is 1. The number of rotatable bonds is 8. The molecule has 0 saturated carbocycles. The van der Waals surface area contributed by atoms with E-state index in [1.54, 1.807) is 42.5 Å². The second-order valence-electron chi connectivity index (χ2n) is 7.60. The van der Waals surface area contributed by atoms with Gasteiger partial charge in [-0.15, -0.1) is 0 Å². The third kappa shape index (κ3) is 6.15. The molecule has 0 aliphatic heterocycles. The number of sulfonamides is 1. The summed E-state index contributed by atoms with van der Waals surface area (Å²) >= 11 is 3.34. The summed E-state index contributed by atoms with van der Waals surface area (Å²) in [4.78, 5) is 12.6. The normalized spacial score (nSPS) is 12.0. The highest BCUT2D eigenvalue weighted by atomic mass is 79.9. The van der Waals surface area contributed by atoms with Crippen LogP contribution in [0.5, 0.6) is 0 Å². The first-order chi connectivity index (χ1) is 13.1. The highest BCUT2D eigenvalue weighted by molar-refractivity contribution is 9.10. The van der Waals surface area contributed by atoms with Crippen molar-refractivity contribution in [1.29, 1.82) is 0 Å². The van der Waals surface area contributed by atoms with E-state index in [2.05, 4.69) is 21.2 Å². The van der Waals surface area contributed by atoms with E-state index in [-0.39, 0.29) is 22.6 Å². The van der Waals surface area contributed by atoms with Gasteiger partial charge in [0.15, 0.2) is 0 Å². The fourth-order valence-corrected chi connectivity index (χ4v) is 4.94. The van der Waals surface area contributed by atoms with Crippen LogP contribution in [0.3, 0.4) is 0 Å². The minimum Gasteiger partial charge on any atom is -0.322 e. The summed E-state index contributed by atoms with van der Waals surface area (Å²) in [6.45, 7) is 8.96. The number of nitrogens with one attached hydrogen (secondary N) is 1.